The number of carbonyl (C=O) groups is 1. The third-order valence-corrected chi connectivity index (χ3v) is 5.31. The van der Waals surface area contributed by atoms with Crippen molar-refractivity contribution in [1.82, 2.24) is 10.9 Å². The molecule has 4 aliphatic rings. The van der Waals surface area contributed by atoms with Crippen LogP contribution in [-0.4, -0.2) is 11.4 Å². The van der Waals surface area contributed by atoms with Crippen molar-refractivity contribution < 1.29 is 4.79 Å². The third-order valence-electron chi connectivity index (χ3n) is 5.31. The van der Waals surface area contributed by atoms with E-state index in [1.165, 1.54) is 32.1 Å². The Morgan fingerprint density at radius 2 is 1.63 bits per heavy atom. The predicted molar refractivity (Wildman–Crippen MR) is 71.5 cm³/mol. The molecule has 4 nitrogen and oxygen atoms in total. The molecule has 4 rings (SSSR count). The normalized spacial score (nSPS) is 39.9. The van der Waals surface area contributed by atoms with Crippen LogP contribution in [-0.2, 0) is 4.79 Å². The molecule has 4 aliphatic carbocycles. The summed E-state index contributed by atoms with van der Waals surface area (Å²) >= 11 is 0. The second kappa shape index (κ2) is 4.49. The van der Waals surface area contributed by atoms with Crippen molar-refractivity contribution >= 4 is 5.91 Å². The Labute approximate surface area is 114 Å². The molecule has 104 valence electrons. The first-order valence-electron chi connectivity index (χ1n) is 7.47. The predicted octanol–water partition coefficient (Wildman–Crippen LogP) is 1.98. The number of nitrogens with zero attached hydrogens (tertiary/aromatic N) is 1. The number of carbonyl (C=O) groups excluding carboxylic acids is 1. The van der Waals surface area contributed by atoms with Gasteiger partial charge in [0.05, 0.1) is 6.07 Å². The Hall–Kier alpha value is -1.08. The SMILES string of the molecule is CC(C)(C#N)NNC(=O)C1C2CC3CC(C2)CC1C3. The van der Waals surface area contributed by atoms with Crippen molar-refractivity contribution in [3.63, 3.8) is 0 Å². The molecule has 0 aliphatic heterocycles. The van der Waals surface area contributed by atoms with Gasteiger partial charge in [0.2, 0.25) is 5.91 Å². The van der Waals surface area contributed by atoms with Gasteiger partial charge in [-0.25, -0.2) is 5.43 Å². The maximum absolute atomic E-state index is 12.4. The number of nitriles is 1. The van der Waals surface area contributed by atoms with Gasteiger partial charge in [0.25, 0.3) is 0 Å². The topological polar surface area (TPSA) is 64.9 Å². The van der Waals surface area contributed by atoms with Crippen LogP contribution in [0.5, 0.6) is 0 Å². The molecule has 0 aromatic heterocycles. The molecular formula is C15H23N3O. The second-order valence-corrected chi connectivity index (χ2v) is 7.31. The molecule has 19 heavy (non-hydrogen) atoms. The lowest BCUT2D eigenvalue weighted by Gasteiger charge is -2.53. The highest BCUT2D eigenvalue weighted by molar-refractivity contribution is 5.79. The number of amides is 1. The first-order chi connectivity index (χ1) is 8.98. The number of nitrogens with one attached hydrogen (secondary N) is 2. The largest absolute Gasteiger partial charge is 0.290 e. The van der Waals surface area contributed by atoms with E-state index in [-0.39, 0.29) is 11.8 Å². The molecule has 0 atom stereocenters. The molecule has 2 N–H and O–H groups in total. The number of rotatable bonds is 3. The highest BCUT2D eigenvalue weighted by Crippen LogP contribution is 2.56. The van der Waals surface area contributed by atoms with Crippen LogP contribution in [0.25, 0.3) is 0 Å². The zero-order chi connectivity index (χ0) is 13.6. The van der Waals surface area contributed by atoms with Gasteiger partial charge in [-0.05, 0) is 69.6 Å². The maximum Gasteiger partial charge on any atom is 0.237 e. The van der Waals surface area contributed by atoms with Gasteiger partial charge in [-0.3, -0.25) is 10.2 Å². The highest BCUT2D eigenvalue weighted by Gasteiger charge is 2.50. The van der Waals surface area contributed by atoms with Gasteiger partial charge in [-0.15, -0.1) is 0 Å². The van der Waals surface area contributed by atoms with Crippen molar-refractivity contribution in [2.24, 2.45) is 29.6 Å². The average Bonchev–Trinajstić information content (AvgIpc) is 2.35. The average molecular weight is 261 g/mol. The molecule has 0 radical (unpaired) electrons. The summed E-state index contributed by atoms with van der Waals surface area (Å²) in [6.45, 7) is 3.54. The zero-order valence-electron chi connectivity index (χ0n) is 11.8. The molecule has 4 fully saturated rings. The molecule has 0 aromatic carbocycles. The molecular weight excluding hydrogens is 238 g/mol. The van der Waals surface area contributed by atoms with Crippen LogP contribution in [0, 0.1) is 40.9 Å². The summed E-state index contributed by atoms with van der Waals surface area (Å²) in [7, 11) is 0. The number of hydrazine groups is 1. The fourth-order valence-corrected chi connectivity index (χ4v) is 4.68. The third kappa shape index (κ3) is 2.36. The Kier molecular flexibility index (Phi) is 3.05. The maximum atomic E-state index is 12.4. The fraction of sp³-hybridized carbons (Fsp3) is 0.867. The minimum atomic E-state index is -0.707. The van der Waals surface area contributed by atoms with E-state index >= 15 is 0 Å². The minimum absolute atomic E-state index is 0.108. The van der Waals surface area contributed by atoms with E-state index < -0.39 is 5.54 Å². The monoisotopic (exact) mass is 261 g/mol. The van der Waals surface area contributed by atoms with Gasteiger partial charge in [0.15, 0.2) is 0 Å². The molecule has 0 saturated heterocycles. The standard InChI is InChI=1S/C15H23N3O/c1-15(2,8-16)18-17-14(19)13-11-4-9-3-10(6-11)7-12(13)5-9/h9-13,18H,3-7H2,1-2H3,(H,17,19). The van der Waals surface area contributed by atoms with Crippen LogP contribution < -0.4 is 10.9 Å². The van der Waals surface area contributed by atoms with E-state index in [9.17, 15) is 4.79 Å². The Bertz CT molecular complexity index is 396. The van der Waals surface area contributed by atoms with Crippen LogP contribution in [0.4, 0.5) is 0 Å². The molecule has 4 bridgehead atoms. The van der Waals surface area contributed by atoms with Crippen molar-refractivity contribution in [3.05, 3.63) is 0 Å². The fourth-order valence-electron chi connectivity index (χ4n) is 4.68. The minimum Gasteiger partial charge on any atom is -0.290 e. The highest BCUT2D eigenvalue weighted by atomic mass is 16.2. The lowest BCUT2D eigenvalue weighted by atomic mass is 9.52. The van der Waals surface area contributed by atoms with E-state index in [4.69, 9.17) is 5.26 Å². The first kappa shape index (κ1) is 12.9. The molecule has 4 heteroatoms. The summed E-state index contributed by atoms with van der Waals surface area (Å²) in [6.07, 6.45) is 6.37. The van der Waals surface area contributed by atoms with Crippen molar-refractivity contribution in [2.45, 2.75) is 51.5 Å². The van der Waals surface area contributed by atoms with E-state index in [2.05, 4.69) is 16.9 Å². The Morgan fingerprint density at radius 1 is 1.11 bits per heavy atom. The lowest BCUT2D eigenvalue weighted by Crippen LogP contribution is -2.56. The summed E-state index contributed by atoms with van der Waals surface area (Å²) in [5.41, 5.74) is 4.94. The van der Waals surface area contributed by atoms with Gasteiger partial charge < -0.3 is 0 Å². The smallest absolute Gasteiger partial charge is 0.237 e. The molecule has 0 spiro atoms. The van der Waals surface area contributed by atoms with Gasteiger partial charge in [0, 0.05) is 5.92 Å². The van der Waals surface area contributed by atoms with E-state index in [1.54, 1.807) is 13.8 Å². The summed E-state index contributed by atoms with van der Waals surface area (Å²) in [5.74, 6) is 3.23. The van der Waals surface area contributed by atoms with Crippen LogP contribution in [0.2, 0.25) is 0 Å². The zero-order valence-corrected chi connectivity index (χ0v) is 11.8. The van der Waals surface area contributed by atoms with Crippen LogP contribution in [0.15, 0.2) is 0 Å². The van der Waals surface area contributed by atoms with Crippen molar-refractivity contribution in [3.8, 4) is 6.07 Å². The van der Waals surface area contributed by atoms with Gasteiger partial charge >= 0.3 is 0 Å². The van der Waals surface area contributed by atoms with Crippen LogP contribution in [0.1, 0.15) is 46.0 Å². The second-order valence-electron chi connectivity index (χ2n) is 7.31. The van der Waals surface area contributed by atoms with E-state index in [0.717, 1.165) is 11.8 Å². The molecule has 0 heterocycles. The number of hydrogen-bond donors (Lipinski definition) is 2. The lowest BCUT2D eigenvalue weighted by molar-refractivity contribution is -0.139. The van der Waals surface area contributed by atoms with E-state index in [1.807, 2.05) is 0 Å². The van der Waals surface area contributed by atoms with Crippen LogP contribution in [0.3, 0.4) is 0 Å². The Morgan fingerprint density at radius 3 is 2.11 bits per heavy atom. The summed E-state index contributed by atoms with van der Waals surface area (Å²) < 4.78 is 0. The van der Waals surface area contributed by atoms with Crippen molar-refractivity contribution in [1.29, 1.82) is 5.26 Å². The molecule has 0 aromatic rings. The Balaban J connectivity index is 1.63. The van der Waals surface area contributed by atoms with Gasteiger partial charge in [-0.2, -0.15) is 5.26 Å². The summed E-state index contributed by atoms with van der Waals surface area (Å²) in [4.78, 5) is 12.4. The molecule has 4 saturated carbocycles. The molecule has 1 amide bonds. The molecule has 0 unspecified atom stereocenters. The summed E-state index contributed by atoms with van der Waals surface area (Å²) in [5, 5.41) is 8.96. The number of hydrogen-bond acceptors (Lipinski definition) is 3. The van der Waals surface area contributed by atoms with Gasteiger partial charge in [0.1, 0.15) is 5.54 Å². The van der Waals surface area contributed by atoms with Crippen LogP contribution >= 0.6 is 0 Å². The van der Waals surface area contributed by atoms with Crippen molar-refractivity contribution in [2.75, 3.05) is 0 Å². The van der Waals surface area contributed by atoms with Gasteiger partial charge in [-0.1, -0.05) is 0 Å². The quantitative estimate of drug-likeness (QED) is 0.763. The first-order valence-corrected chi connectivity index (χ1v) is 7.47. The summed E-state index contributed by atoms with van der Waals surface area (Å²) in [6, 6.07) is 2.14. The van der Waals surface area contributed by atoms with E-state index in [0.29, 0.717) is 11.8 Å².